The van der Waals surface area contributed by atoms with Gasteiger partial charge in [0.25, 0.3) is 0 Å². The molecule has 0 aliphatic carbocycles. The Labute approximate surface area is 109 Å². The molecule has 0 unspecified atom stereocenters. The summed E-state index contributed by atoms with van der Waals surface area (Å²) in [6.45, 7) is 12.5. The van der Waals surface area contributed by atoms with Gasteiger partial charge in [-0.1, -0.05) is 5.04 Å². The first-order chi connectivity index (χ1) is 8.26. The van der Waals surface area contributed by atoms with Gasteiger partial charge in [0.1, 0.15) is 0 Å². The van der Waals surface area contributed by atoms with Gasteiger partial charge in [0.2, 0.25) is 0 Å². The summed E-state index contributed by atoms with van der Waals surface area (Å²) in [4.78, 5) is 8.70. The lowest BCUT2D eigenvalue weighted by Crippen LogP contribution is -2.27. The molecule has 0 rings (SSSR count). The van der Waals surface area contributed by atoms with E-state index in [0.29, 0.717) is 33.0 Å². The highest BCUT2D eigenvalue weighted by atomic mass is 27.3. The molecule has 104 valence electrons. The zero-order valence-corrected chi connectivity index (χ0v) is 12.7. The Hall–Kier alpha value is 0.292. The van der Waals surface area contributed by atoms with Gasteiger partial charge < -0.3 is 11.4 Å². The first-order valence-electron chi connectivity index (χ1n) is 6.02. The van der Waals surface area contributed by atoms with Crippen molar-refractivity contribution in [2.24, 2.45) is 0 Å². The summed E-state index contributed by atoms with van der Waals surface area (Å²) in [6, 6.07) is 0. The molecule has 0 aromatic heterocycles. The second-order valence-electron chi connectivity index (χ2n) is 2.54. The molecule has 0 amide bonds. The summed E-state index contributed by atoms with van der Waals surface area (Å²) in [5, 5.41) is 4.13. The molecule has 17 heavy (non-hydrogen) atoms. The van der Waals surface area contributed by atoms with Gasteiger partial charge in [-0.25, -0.2) is 9.78 Å². The Bertz CT molecular complexity index is 109. The molecule has 0 aromatic carbocycles. The van der Waals surface area contributed by atoms with E-state index in [2.05, 4.69) is 14.8 Å². The fourth-order valence-corrected chi connectivity index (χ4v) is 1.79. The van der Waals surface area contributed by atoms with Gasteiger partial charge in [0.05, 0.1) is 13.2 Å². The quantitative estimate of drug-likeness (QED) is 0.261. The molecule has 0 heterocycles. The van der Waals surface area contributed by atoms with Crippen LogP contribution in [-0.2, 0) is 26.2 Å². The van der Waals surface area contributed by atoms with E-state index in [1.54, 1.807) is 0 Å². The third-order valence-corrected chi connectivity index (χ3v) is 3.06. The maximum Gasteiger partial charge on any atom is 0.905 e. The Morgan fingerprint density at radius 2 is 0.941 bits per heavy atom. The monoisotopic (exact) mass is 268 g/mol. The highest BCUT2D eigenvalue weighted by Gasteiger charge is 2.28. The van der Waals surface area contributed by atoms with E-state index in [4.69, 9.17) is 11.4 Å². The normalized spacial score (nSPS) is 9.71. The lowest BCUT2D eigenvalue weighted by molar-refractivity contribution is -0.509. The van der Waals surface area contributed by atoms with Crippen molar-refractivity contribution >= 4 is 15.1 Å². The van der Waals surface area contributed by atoms with Gasteiger partial charge in [-0.15, -0.1) is 0 Å². The van der Waals surface area contributed by atoms with Crippen molar-refractivity contribution in [3.05, 3.63) is 0 Å². The minimum absolute atomic E-state index is 0.514. The van der Waals surface area contributed by atoms with Crippen molar-refractivity contribution in [3.8, 4) is 0 Å². The lowest BCUT2D eigenvalue weighted by Gasteiger charge is -2.08. The van der Waals surface area contributed by atoms with E-state index in [1.165, 1.54) is 0 Å². The van der Waals surface area contributed by atoms with Gasteiger partial charge in [0, 0.05) is 19.8 Å². The maximum atomic E-state index is 5.22. The summed E-state index contributed by atoms with van der Waals surface area (Å²) in [6.07, 6.45) is 0. The summed E-state index contributed by atoms with van der Waals surface area (Å²) in [7, 11) is 0. The maximum absolute atomic E-state index is 5.22. The first kappa shape index (κ1) is 19.6. The van der Waals surface area contributed by atoms with Gasteiger partial charge in [-0.2, -0.15) is 0 Å². The van der Waals surface area contributed by atoms with Gasteiger partial charge >= 0.3 is 15.1 Å². The molecule has 7 heteroatoms. The fourth-order valence-electron chi connectivity index (χ4n) is 0.683. The molecule has 0 aliphatic rings. The summed E-state index contributed by atoms with van der Waals surface area (Å²) >= 11 is -1.73. The van der Waals surface area contributed by atoms with Crippen LogP contribution < -0.4 is 0 Å². The van der Waals surface area contributed by atoms with Gasteiger partial charge in [0.15, 0.2) is 0 Å². The summed E-state index contributed by atoms with van der Waals surface area (Å²) in [5.74, 6) is 0. The Kier molecular flexibility index (Phi) is 21.5. The molecule has 0 atom stereocenters. The first-order valence-corrected chi connectivity index (χ1v) is 7.43. The Morgan fingerprint density at radius 3 is 1.18 bits per heavy atom. The second-order valence-corrected chi connectivity index (χ2v) is 4.11. The molecule has 0 aromatic rings. The molecule has 0 radical (unpaired) electrons. The highest BCUT2D eigenvalue weighted by Crippen LogP contribution is 1.91. The predicted molar refractivity (Wildman–Crippen MR) is 65.0 cm³/mol. The fraction of sp³-hybridized carbons (Fsp3) is 1.00. The predicted octanol–water partition coefficient (Wildman–Crippen LogP) is 1.99. The number of rotatable bonds is 10. The molecular formula is C10H25AlO6. The van der Waals surface area contributed by atoms with Crippen LogP contribution in [-0.4, -0.2) is 48.2 Å². The third kappa shape index (κ3) is 18.8. The van der Waals surface area contributed by atoms with Crippen LogP contribution in [0.25, 0.3) is 0 Å². The van der Waals surface area contributed by atoms with Crippen LogP contribution >= 0.6 is 0 Å². The molecule has 0 bridgehead atoms. The molecule has 0 spiro atoms. The van der Waals surface area contributed by atoms with E-state index in [0.717, 1.165) is 0 Å². The average Bonchev–Trinajstić information content (AvgIpc) is 2.32. The van der Waals surface area contributed by atoms with Crippen LogP contribution in [0.3, 0.4) is 0 Å². The summed E-state index contributed by atoms with van der Waals surface area (Å²) in [5.41, 5.74) is 0. The highest BCUT2D eigenvalue weighted by molar-refractivity contribution is 6.36. The van der Waals surface area contributed by atoms with E-state index in [-0.39, 0.29) is 0 Å². The van der Waals surface area contributed by atoms with Crippen LogP contribution in [0.4, 0.5) is 0 Å². The Balaban J connectivity index is 0. The molecule has 0 saturated carbocycles. The molecule has 0 fully saturated rings. The van der Waals surface area contributed by atoms with Gasteiger partial charge in [-0.3, -0.25) is 0 Å². The van der Waals surface area contributed by atoms with Crippen LogP contribution in [0, 0.1) is 0 Å². The topological polar surface area (TPSA) is 55.4 Å². The minimum atomic E-state index is -1.73. The largest absolute Gasteiger partial charge is 0.905 e. The molecule has 0 aliphatic heterocycles. The van der Waals surface area contributed by atoms with E-state index < -0.39 is 15.1 Å². The molecular weight excluding hydrogens is 243 g/mol. The van der Waals surface area contributed by atoms with Crippen molar-refractivity contribution < 1.29 is 26.2 Å². The summed E-state index contributed by atoms with van der Waals surface area (Å²) < 4.78 is 15.7. The average molecular weight is 268 g/mol. The minimum Gasteiger partial charge on any atom is -0.455 e. The van der Waals surface area contributed by atoms with Crippen LogP contribution in [0.15, 0.2) is 0 Å². The SMILES string of the molecule is CCOOOCC.CC[O][Al]([O]CC)[O]CC. The standard InChI is InChI=1S/C4H10O3.3C2H5O.Al/c1-3-5-7-6-4-2;3*1-2-3;/h3-4H2,1-2H3;3*2H2,1H3;/q;3*-1;+3. The van der Waals surface area contributed by atoms with Gasteiger partial charge in [-0.05, 0) is 34.6 Å². The van der Waals surface area contributed by atoms with E-state index >= 15 is 0 Å². The van der Waals surface area contributed by atoms with Crippen LogP contribution in [0.5, 0.6) is 0 Å². The third-order valence-electron chi connectivity index (χ3n) is 1.24. The number of hydrogen-bond donors (Lipinski definition) is 0. The smallest absolute Gasteiger partial charge is 0.455 e. The molecule has 0 saturated heterocycles. The molecule has 6 nitrogen and oxygen atoms in total. The van der Waals surface area contributed by atoms with Crippen LogP contribution in [0.1, 0.15) is 34.6 Å². The zero-order valence-electron chi connectivity index (χ0n) is 11.6. The lowest BCUT2D eigenvalue weighted by atomic mass is 10.9. The molecule has 0 N–H and O–H groups in total. The van der Waals surface area contributed by atoms with Crippen molar-refractivity contribution in [1.29, 1.82) is 0 Å². The van der Waals surface area contributed by atoms with Crippen molar-refractivity contribution in [2.75, 3.05) is 33.0 Å². The second kappa shape index (κ2) is 18.7. The van der Waals surface area contributed by atoms with Crippen LogP contribution in [0.2, 0.25) is 0 Å². The van der Waals surface area contributed by atoms with E-state index in [9.17, 15) is 0 Å². The van der Waals surface area contributed by atoms with Crippen molar-refractivity contribution in [2.45, 2.75) is 34.6 Å². The number of hydrogen-bond acceptors (Lipinski definition) is 6. The van der Waals surface area contributed by atoms with Crippen molar-refractivity contribution in [3.63, 3.8) is 0 Å². The Morgan fingerprint density at radius 1 is 0.588 bits per heavy atom. The van der Waals surface area contributed by atoms with E-state index in [1.807, 2.05) is 34.6 Å². The van der Waals surface area contributed by atoms with Crippen molar-refractivity contribution in [1.82, 2.24) is 0 Å². The zero-order chi connectivity index (χ0) is 13.4.